The van der Waals surface area contributed by atoms with Crippen molar-refractivity contribution in [2.45, 2.75) is 53.0 Å². The van der Waals surface area contributed by atoms with Crippen LogP contribution in [0.1, 0.15) is 37.7 Å². The smallest absolute Gasteiger partial charge is 0.453 e. The van der Waals surface area contributed by atoms with E-state index in [1.165, 1.54) is 31.2 Å². The van der Waals surface area contributed by atoms with Crippen LogP contribution in [-0.4, -0.2) is 18.2 Å². The maximum absolute atomic E-state index is 13.8. The third kappa shape index (κ3) is 5.66. The zero-order chi connectivity index (χ0) is 24.5. The molecule has 0 radical (unpaired) electrons. The zero-order valence-corrected chi connectivity index (χ0v) is 18.7. The van der Waals surface area contributed by atoms with Crippen molar-refractivity contribution in [2.75, 3.05) is 0 Å². The first-order chi connectivity index (χ1) is 15.3. The average Bonchev–Trinajstić information content (AvgIpc) is 2.67. The van der Waals surface area contributed by atoms with E-state index in [2.05, 4.69) is 0 Å². The number of carbonyl (C=O) groups excluding carboxylic acids is 1. The molecule has 9 heteroatoms. The normalized spacial score (nSPS) is 12.6. The van der Waals surface area contributed by atoms with Gasteiger partial charge in [0, 0.05) is 6.07 Å². The summed E-state index contributed by atoms with van der Waals surface area (Å²) in [6.45, 7) is 8.30. The Kier molecular flexibility index (Phi) is 6.71. The van der Waals surface area contributed by atoms with Crippen molar-refractivity contribution in [2.24, 2.45) is 0 Å². The first kappa shape index (κ1) is 24.2. The maximum Gasteiger partial charge on any atom is 0.453 e. The first-order valence-electron chi connectivity index (χ1n) is 10.2. The van der Waals surface area contributed by atoms with Crippen molar-refractivity contribution >= 4 is 16.9 Å². The van der Waals surface area contributed by atoms with Gasteiger partial charge in [0.1, 0.15) is 17.1 Å². The van der Waals surface area contributed by atoms with E-state index < -0.39 is 35.2 Å². The van der Waals surface area contributed by atoms with Crippen molar-refractivity contribution in [1.29, 1.82) is 0 Å². The van der Waals surface area contributed by atoms with E-state index in [9.17, 15) is 22.8 Å². The quantitative estimate of drug-likeness (QED) is 0.421. The van der Waals surface area contributed by atoms with Gasteiger partial charge in [0.25, 0.3) is 5.76 Å². The Bertz CT molecular complexity index is 1220. The van der Waals surface area contributed by atoms with Gasteiger partial charge in [-0.25, -0.2) is 4.79 Å². The molecule has 176 valence electrons. The Morgan fingerprint density at radius 3 is 2.18 bits per heavy atom. The Labute approximate surface area is 187 Å². The molecule has 2 aromatic carbocycles. The third-order valence-electron chi connectivity index (χ3n) is 4.49. The summed E-state index contributed by atoms with van der Waals surface area (Å²) >= 11 is 0. The number of ether oxygens (including phenoxy) is 3. The summed E-state index contributed by atoms with van der Waals surface area (Å²) in [4.78, 5) is 24.9. The fourth-order valence-electron chi connectivity index (χ4n) is 3.20. The summed E-state index contributed by atoms with van der Waals surface area (Å²) in [7, 11) is 0. The lowest BCUT2D eigenvalue weighted by molar-refractivity contribution is -0.155. The fraction of sp³-hybridized carbons (Fsp3) is 0.333. The van der Waals surface area contributed by atoms with E-state index in [0.717, 1.165) is 17.2 Å². The van der Waals surface area contributed by atoms with Gasteiger partial charge in [-0.15, -0.1) is 0 Å². The second kappa shape index (κ2) is 9.17. The molecule has 0 saturated carbocycles. The molecule has 0 aliphatic heterocycles. The molecule has 0 amide bonds. The number of fused-ring (bicyclic) bond motifs is 1. The molecule has 3 aromatic rings. The summed E-state index contributed by atoms with van der Waals surface area (Å²) in [6, 6.07) is 8.58. The van der Waals surface area contributed by atoms with Crippen molar-refractivity contribution in [3.8, 4) is 17.2 Å². The number of alkyl halides is 3. The van der Waals surface area contributed by atoms with Gasteiger partial charge < -0.3 is 18.6 Å². The molecule has 1 heterocycles. The molecule has 0 N–H and O–H groups in total. The molecule has 0 unspecified atom stereocenters. The molecule has 0 fully saturated rings. The third-order valence-corrected chi connectivity index (χ3v) is 4.49. The van der Waals surface area contributed by atoms with E-state index in [0.29, 0.717) is 0 Å². The molecule has 3 rings (SSSR count). The fourth-order valence-corrected chi connectivity index (χ4v) is 3.20. The van der Waals surface area contributed by atoms with E-state index in [4.69, 9.17) is 18.6 Å². The number of hydrogen-bond donors (Lipinski definition) is 0. The van der Waals surface area contributed by atoms with Gasteiger partial charge in [-0.05, 0) is 70.0 Å². The molecule has 0 spiro atoms. The SMILES string of the molecule is Cc1cc(C)cc(Oc2c(C(F)(F)F)oc3cc(O[C@@H](C)C(=O)OC(C)C)ccc3c2=O)c1. The van der Waals surface area contributed by atoms with Crippen molar-refractivity contribution in [1.82, 2.24) is 0 Å². The van der Waals surface area contributed by atoms with Crippen LogP contribution >= 0.6 is 0 Å². The molecule has 33 heavy (non-hydrogen) atoms. The lowest BCUT2D eigenvalue weighted by Crippen LogP contribution is -2.28. The molecule has 1 aromatic heterocycles. The van der Waals surface area contributed by atoms with Gasteiger partial charge in [-0.1, -0.05) is 6.07 Å². The molecule has 0 saturated heterocycles. The monoisotopic (exact) mass is 464 g/mol. The Balaban J connectivity index is 2.05. The van der Waals surface area contributed by atoms with Gasteiger partial charge in [0.2, 0.25) is 11.2 Å². The van der Waals surface area contributed by atoms with Gasteiger partial charge in [-0.3, -0.25) is 4.79 Å². The van der Waals surface area contributed by atoms with E-state index in [1.807, 2.05) is 6.07 Å². The molecular formula is C24H23F3O6. The molecule has 6 nitrogen and oxygen atoms in total. The Morgan fingerprint density at radius 2 is 1.61 bits per heavy atom. The van der Waals surface area contributed by atoms with Gasteiger partial charge >= 0.3 is 12.1 Å². The van der Waals surface area contributed by atoms with Crippen LogP contribution in [0.25, 0.3) is 11.0 Å². The standard InChI is InChI=1S/C24H23F3O6/c1-12(2)30-23(29)15(5)31-16-6-7-18-19(11-16)33-22(24(25,26)27)21(20(18)28)32-17-9-13(3)8-14(4)10-17/h6-12,15H,1-5H3/t15-/m0/s1. The number of rotatable bonds is 6. The number of aryl methyl sites for hydroxylation is 2. The number of esters is 1. The molecule has 0 bridgehead atoms. The van der Waals surface area contributed by atoms with E-state index in [1.54, 1.807) is 27.7 Å². The highest BCUT2D eigenvalue weighted by atomic mass is 19.4. The highest BCUT2D eigenvalue weighted by molar-refractivity contribution is 5.80. The second-order valence-electron chi connectivity index (χ2n) is 7.92. The minimum atomic E-state index is -4.99. The highest BCUT2D eigenvalue weighted by Gasteiger charge is 2.40. The van der Waals surface area contributed by atoms with E-state index >= 15 is 0 Å². The van der Waals surface area contributed by atoms with Crippen LogP contribution in [0.4, 0.5) is 13.2 Å². The van der Waals surface area contributed by atoms with Crippen LogP contribution < -0.4 is 14.9 Å². The Hall–Kier alpha value is -3.49. The second-order valence-corrected chi connectivity index (χ2v) is 7.92. The zero-order valence-electron chi connectivity index (χ0n) is 18.7. The minimum Gasteiger partial charge on any atom is -0.479 e. The van der Waals surface area contributed by atoms with Gasteiger partial charge in [-0.2, -0.15) is 13.2 Å². The highest BCUT2D eigenvalue weighted by Crippen LogP contribution is 2.39. The van der Waals surface area contributed by atoms with Crippen molar-refractivity contribution in [3.63, 3.8) is 0 Å². The number of halogens is 3. The topological polar surface area (TPSA) is 75.0 Å². The number of hydrogen-bond acceptors (Lipinski definition) is 6. The molecule has 0 aliphatic rings. The maximum atomic E-state index is 13.8. The number of benzene rings is 2. The van der Waals surface area contributed by atoms with Crippen LogP contribution in [0.5, 0.6) is 17.2 Å². The van der Waals surface area contributed by atoms with Crippen LogP contribution in [0.2, 0.25) is 0 Å². The van der Waals surface area contributed by atoms with Crippen LogP contribution in [-0.2, 0) is 15.7 Å². The number of carbonyl (C=O) groups is 1. The Morgan fingerprint density at radius 1 is 0.970 bits per heavy atom. The van der Waals surface area contributed by atoms with Crippen molar-refractivity contribution in [3.05, 3.63) is 63.5 Å². The lowest BCUT2D eigenvalue weighted by atomic mass is 10.1. The predicted molar refractivity (Wildman–Crippen MR) is 115 cm³/mol. The van der Waals surface area contributed by atoms with Gasteiger partial charge in [0.05, 0.1) is 11.5 Å². The van der Waals surface area contributed by atoms with E-state index in [-0.39, 0.29) is 28.6 Å². The van der Waals surface area contributed by atoms with Crippen LogP contribution in [0.3, 0.4) is 0 Å². The molecular weight excluding hydrogens is 441 g/mol. The van der Waals surface area contributed by atoms with Crippen LogP contribution in [0.15, 0.2) is 45.6 Å². The largest absolute Gasteiger partial charge is 0.479 e. The summed E-state index contributed by atoms with van der Waals surface area (Å²) in [6.07, 6.45) is -6.37. The van der Waals surface area contributed by atoms with Gasteiger partial charge in [0.15, 0.2) is 6.10 Å². The average molecular weight is 464 g/mol. The summed E-state index contributed by atoms with van der Waals surface area (Å²) in [5, 5.41) is -0.132. The predicted octanol–water partition coefficient (Wildman–Crippen LogP) is 5.94. The molecule has 0 aliphatic carbocycles. The summed E-state index contributed by atoms with van der Waals surface area (Å²) < 4.78 is 62.2. The minimum absolute atomic E-state index is 0.0370. The first-order valence-corrected chi connectivity index (χ1v) is 10.2. The summed E-state index contributed by atoms with van der Waals surface area (Å²) in [5.41, 5.74) is 0.176. The van der Waals surface area contributed by atoms with Crippen LogP contribution in [0, 0.1) is 13.8 Å². The van der Waals surface area contributed by atoms with Crippen molar-refractivity contribution < 1.29 is 36.6 Å². The summed E-state index contributed by atoms with van der Waals surface area (Å²) in [5.74, 6) is -3.04. The molecule has 1 atom stereocenters. The lowest BCUT2D eigenvalue weighted by Gasteiger charge is -2.17.